The number of imide groups is 1. The highest BCUT2D eigenvalue weighted by atomic mass is 16.2. The van der Waals surface area contributed by atoms with Crippen LogP contribution in [-0.4, -0.2) is 72.3 Å². The van der Waals surface area contributed by atoms with E-state index in [9.17, 15) is 9.59 Å². The van der Waals surface area contributed by atoms with E-state index in [4.69, 9.17) is 0 Å². The summed E-state index contributed by atoms with van der Waals surface area (Å²) < 4.78 is 0. The number of hydrogen-bond acceptors (Lipinski definition) is 4. The Labute approximate surface area is 168 Å². The van der Waals surface area contributed by atoms with Crippen molar-refractivity contribution in [1.82, 2.24) is 14.7 Å². The van der Waals surface area contributed by atoms with E-state index in [1.807, 2.05) is 12.1 Å². The molecule has 1 aromatic rings. The van der Waals surface area contributed by atoms with Crippen molar-refractivity contribution in [3.05, 3.63) is 35.4 Å². The largest absolute Gasteiger partial charge is 0.301 e. The van der Waals surface area contributed by atoms with Gasteiger partial charge in [-0.1, -0.05) is 31.4 Å². The molecule has 152 valence electrons. The van der Waals surface area contributed by atoms with Crippen LogP contribution in [0.5, 0.6) is 0 Å². The van der Waals surface area contributed by atoms with E-state index in [2.05, 4.69) is 9.80 Å². The molecule has 5 nitrogen and oxygen atoms in total. The summed E-state index contributed by atoms with van der Waals surface area (Å²) in [5.41, 5.74) is 1.11. The lowest BCUT2D eigenvalue weighted by molar-refractivity contribution is 0.0647. The maximum absolute atomic E-state index is 12.4. The van der Waals surface area contributed by atoms with Crippen molar-refractivity contribution in [3.8, 4) is 0 Å². The van der Waals surface area contributed by atoms with Gasteiger partial charge >= 0.3 is 0 Å². The fourth-order valence-corrected chi connectivity index (χ4v) is 4.98. The average molecular weight is 384 g/mol. The zero-order chi connectivity index (χ0) is 19.3. The van der Waals surface area contributed by atoms with Gasteiger partial charge < -0.3 is 9.80 Å². The van der Waals surface area contributed by atoms with Crippen molar-refractivity contribution in [2.24, 2.45) is 5.92 Å². The Morgan fingerprint density at radius 1 is 0.750 bits per heavy atom. The molecule has 28 heavy (non-hydrogen) atoms. The van der Waals surface area contributed by atoms with Gasteiger partial charge in [-0.05, 0) is 50.3 Å². The maximum Gasteiger partial charge on any atom is 0.261 e. The second kappa shape index (κ2) is 9.19. The minimum absolute atomic E-state index is 0.128. The predicted molar refractivity (Wildman–Crippen MR) is 110 cm³/mol. The van der Waals surface area contributed by atoms with E-state index in [-0.39, 0.29) is 11.8 Å². The second-order valence-corrected chi connectivity index (χ2v) is 8.66. The van der Waals surface area contributed by atoms with Crippen LogP contribution in [0.15, 0.2) is 24.3 Å². The average Bonchev–Trinajstić information content (AvgIpc) is 2.98. The lowest BCUT2D eigenvalue weighted by atomic mass is 9.89. The van der Waals surface area contributed by atoms with Gasteiger partial charge in [0.1, 0.15) is 0 Å². The summed E-state index contributed by atoms with van der Waals surface area (Å²) in [6, 6.07) is 7.15. The van der Waals surface area contributed by atoms with Gasteiger partial charge in [-0.3, -0.25) is 14.5 Å². The van der Waals surface area contributed by atoms with Crippen LogP contribution < -0.4 is 0 Å². The molecule has 2 fully saturated rings. The summed E-state index contributed by atoms with van der Waals surface area (Å²) in [5.74, 6) is 0.675. The van der Waals surface area contributed by atoms with Crippen molar-refractivity contribution in [3.63, 3.8) is 0 Å². The molecule has 3 aliphatic rings. The number of carbonyl (C=O) groups excluding carboxylic acids is 2. The fraction of sp³-hybridized carbons (Fsp3) is 0.652. The van der Waals surface area contributed by atoms with E-state index >= 15 is 0 Å². The number of nitrogens with zero attached hydrogens (tertiary/aromatic N) is 3. The quantitative estimate of drug-likeness (QED) is 0.535. The standard InChI is InChI=1S/C23H33N3O2/c27-22-20-10-4-5-11-21(20)23(28)26(22)13-7-6-12-24-14-16-25(17-15-24)18-19-8-2-1-3-9-19/h4-5,10-11,19H,1-3,6-9,12-18H2. The van der Waals surface area contributed by atoms with E-state index in [0.717, 1.165) is 38.4 Å². The first kappa shape index (κ1) is 19.6. The van der Waals surface area contributed by atoms with E-state index in [1.165, 1.54) is 56.6 Å². The SMILES string of the molecule is O=C1c2ccccc2C(=O)N1CCCCN1CCN(CC2CCCCC2)CC1. The first-order valence-electron chi connectivity index (χ1n) is 11.1. The molecule has 0 bridgehead atoms. The molecule has 1 saturated carbocycles. The van der Waals surface area contributed by atoms with Crippen LogP contribution in [0.2, 0.25) is 0 Å². The van der Waals surface area contributed by atoms with Crippen molar-refractivity contribution in [2.45, 2.75) is 44.9 Å². The van der Waals surface area contributed by atoms with E-state index in [0.29, 0.717) is 17.7 Å². The number of fused-ring (bicyclic) bond motifs is 1. The molecule has 0 atom stereocenters. The molecule has 4 rings (SSSR count). The number of benzene rings is 1. The Balaban J connectivity index is 1.13. The Hall–Kier alpha value is -1.72. The molecule has 1 aliphatic carbocycles. The third-order valence-corrected chi connectivity index (χ3v) is 6.69. The van der Waals surface area contributed by atoms with E-state index in [1.54, 1.807) is 12.1 Å². The molecule has 0 unspecified atom stereocenters. The van der Waals surface area contributed by atoms with Crippen LogP contribution in [0, 0.1) is 5.92 Å². The molecule has 1 aromatic carbocycles. The summed E-state index contributed by atoms with van der Waals surface area (Å²) in [6.07, 6.45) is 9.07. The van der Waals surface area contributed by atoms with Gasteiger partial charge in [0, 0.05) is 39.3 Å². The van der Waals surface area contributed by atoms with Crippen molar-refractivity contribution >= 4 is 11.8 Å². The van der Waals surface area contributed by atoms with Gasteiger partial charge in [-0.2, -0.15) is 0 Å². The normalized spacial score (nSPS) is 22.1. The Bertz CT molecular complexity index is 656. The number of amides is 2. The van der Waals surface area contributed by atoms with E-state index < -0.39 is 0 Å². The van der Waals surface area contributed by atoms with Crippen molar-refractivity contribution in [1.29, 1.82) is 0 Å². The zero-order valence-corrected chi connectivity index (χ0v) is 16.9. The molecule has 0 spiro atoms. The predicted octanol–water partition coefficient (Wildman–Crippen LogP) is 3.26. The van der Waals surface area contributed by atoms with Crippen LogP contribution in [-0.2, 0) is 0 Å². The van der Waals surface area contributed by atoms with Gasteiger partial charge in [0.15, 0.2) is 0 Å². The summed E-state index contributed by atoms with van der Waals surface area (Å²) in [6.45, 7) is 7.59. The molecule has 2 aliphatic heterocycles. The molecule has 0 N–H and O–H groups in total. The van der Waals surface area contributed by atoms with Crippen molar-refractivity contribution < 1.29 is 9.59 Å². The molecule has 0 radical (unpaired) electrons. The summed E-state index contributed by atoms with van der Waals surface area (Å²) in [7, 11) is 0. The first-order valence-corrected chi connectivity index (χ1v) is 11.1. The summed E-state index contributed by atoms with van der Waals surface area (Å²) in [5, 5.41) is 0. The lowest BCUT2D eigenvalue weighted by Crippen LogP contribution is -2.48. The topological polar surface area (TPSA) is 43.9 Å². The highest BCUT2D eigenvalue weighted by Gasteiger charge is 2.34. The number of piperazine rings is 1. The van der Waals surface area contributed by atoms with Crippen LogP contribution in [0.3, 0.4) is 0 Å². The fourth-order valence-electron chi connectivity index (χ4n) is 4.98. The number of unbranched alkanes of at least 4 members (excludes halogenated alkanes) is 1. The third-order valence-electron chi connectivity index (χ3n) is 6.69. The minimum atomic E-state index is -0.128. The Morgan fingerprint density at radius 2 is 1.32 bits per heavy atom. The van der Waals surface area contributed by atoms with Gasteiger partial charge in [0.05, 0.1) is 11.1 Å². The Kier molecular flexibility index (Phi) is 6.43. The number of hydrogen-bond donors (Lipinski definition) is 0. The summed E-state index contributed by atoms with van der Waals surface area (Å²) in [4.78, 5) is 31.4. The molecule has 2 amide bonds. The molecular weight excluding hydrogens is 350 g/mol. The van der Waals surface area contributed by atoms with Gasteiger partial charge in [0.25, 0.3) is 11.8 Å². The van der Waals surface area contributed by atoms with Crippen molar-refractivity contribution in [2.75, 3.05) is 45.8 Å². The molecule has 1 saturated heterocycles. The van der Waals surface area contributed by atoms with Crippen LogP contribution in [0.25, 0.3) is 0 Å². The molecule has 0 aromatic heterocycles. The maximum atomic E-state index is 12.4. The lowest BCUT2D eigenvalue weighted by Gasteiger charge is -2.37. The zero-order valence-electron chi connectivity index (χ0n) is 16.9. The second-order valence-electron chi connectivity index (χ2n) is 8.66. The highest BCUT2D eigenvalue weighted by molar-refractivity contribution is 6.21. The van der Waals surface area contributed by atoms with Gasteiger partial charge in [-0.25, -0.2) is 0 Å². The molecular formula is C23H33N3O2. The van der Waals surface area contributed by atoms with Crippen LogP contribution in [0.4, 0.5) is 0 Å². The number of rotatable bonds is 7. The highest BCUT2D eigenvalue weighted by Crippen LogP contribution is 2.25. The molecule has 2 heterocycles. The first-order chi connectivity index (χ1) is 13.7. The smallest absolute Gasteiger partial charge is 0.261 e. The monoisotopic (exact) mass is 383 g/mol. The van der Waals surface area contributed by atoms with Gasteiger partial charge in [-0.15, -0.1) is 0 Å². The number of carbonyl (C=O) groups is 2. The Morgan fingerprint density at radius 3 is 1.96 bits per heavy atom. The third kappa shape index (κ3) is 4.47. The van der Waals surface area contributed by atoms with Crippen LogP contribution in [0.1, 0.15) is 65.7 Å². The van der Waals surface area contributed by atoms with Gasteiger partial charge in [0.2, 0.25) is 0 Å². The van der Waals surface area contributed by atoms with Crippen LogP contribution >= 0.6 is 0 Å². The summed E-state index contributed by atoms with van der Waals surface area (Å²) >= 11 is 0. The molecule has 5 heteroatoms. The minimum Gasteiger partial charge on any atom is -0.301 e.